The summed E-state index contributed by atoms with van der Waals surface area (Å²) in [4.78, 5) is 4.30. The summed E-state index contributed by atoms with van der Waals surface area (Å²) in [6, 6.07) is 6.05. The maximum atomic E-state index is 9.10. The minimum atomic E-state index is -1.01. The van der Waals surface area contributed by atoms with Gasteiger partial charge in [0.15, 0.2) is 0 Å². The molecule has 0 saturated carbocycles. The van der Waals surface area contributed by atoms with E-state index >= 15 is 0 Å². The van der Waals surface area contributed by atoms with Crippen LogP contribution < -0.4 is 0 Å². The molecule has 1 aliphatic rings. The van der Waals surface area contributed by atoms with Crippen molar-refractivity contribution in [1.29, 1.82) is 0 Å². The third-order valence-corrected chi connectivity index (χ3v) is 3.66. The summed E-state index contributed by atoms with van der Waals surface area (Å²) >= 11 is 0. The zero-order valence-corrected chi connectivity index (χ0v) is 15.6. The van der Waals surface area contributed by atoms with Gasteiger partial charge in [0, 0.05) is 27.3 Å². The summed E-state index contributed by atoms with van der Waals surface area (Å²) in [5.74, 6) is 0. The Labute approximate surface area is 142 Å². The van der Waals surface area contributed by atoms with Crippen molar-refractivity contribution in [2.24, 2.45) is 0 Å². The molecule has 1 heterocycles. The largest absolute Gasteiger partial charge is 0.387 e. The average Bonchev–Trinajstić information content (AvgIpc) is 2.39. The minimum absolute atomic E-state index is 0. The Morgan fingerprint density at radius 2 is 1.67 bits per heavy atom. The molecule has 21 heavy (non-hydrogen) atoms. The van der Waals surface area contributed by atoms with E-state index in [1.807, 2.05) is 18.3 Å². The van der Waals surface area contributed by atoms with Crippen LogP contribution in [0.25, 0.3) is 5.57 Å². The molecule has 0 aliphatic heterocycles. The number of hydrogen-bond acceptors (Lipinski definition) is 3. The van der Waals surface area contributed by atoms with Crippen LogP contribution in [0.15, 0.2) is 24.4 Å². The van der Waals surface area contributed by atoms with Gasteiger partial charge in [0.2, 0.25) is 0 Å². The van der Waals surface area contributed by atoms with Crippen LogP contribution in [0.4, 0.5) is 0 Å². The molecule has 0 amide bonds. The van der Waals surface area contributed by atoms with Crippen molar-refractivity contribution in [3.05, 3.63) is 36.2 Å². The van der Waals surface area contributed by atoms with Gasteiger partial charge in [0.1, 0.15) is 0 Å². The first-order chi connectivity index (χ1) is 9.22. The zero-order valence-electron chi connectivity index (χ0n) is 13.3. The first kappa shape index (κ1) is 20.5. The average molecular weight is 471 g/mol. The van der Waals surface area contributed by atoms with Crippen LogP contribution >= 0.6 is 0 Å². The Morgan fingerprint density at radius 1 is 1.05 bits per heavy atom. The van der Waals surface area contributed by atoms with Crippen molar-refractivity contribution in [2.45, 2.75) is 64.6 Å². The molecule has 1 aliphatic carbocycles. The van der Waals surface area contributed by atoms with E-state index in [0.29, 0.717) is 0 Å². The molecule has 0 spiro atoms. The Balaban J connectivity index is 0.000000397. The Bertz CT molecular complexity index is 418. The number of hydrogen-bond donors (Lipinski definition) is 2. The van der Waals surface area contributed by atoms with Crippen LogP contribution in [-0.2, 0) is 21.1 Å². The molecular weight excluding hydrogens is 445 g/mol. The maximum absolute atomic E-state index is 9.10. The second-order valence-electron chi connectivity index (χ2n) is 6.20. The summed E-state index contributed by atoms with van der Waals surface area (Å²) in [5, 5.41) is 18.2. The molecular formula is C17H26NO2Pt-. The number of rotatable bonds is 2. The Kier molecular flexibility index (Phi) is 8.61. The van der Waals surface area contributed by atoms with E-state index in [1.54, 1.807) is 27.7 Å². The van der Waals surface area contributed by atoms with E-state index in [9.17, 15) is 0 Å². The molecule has 0 unspecified atom stereocenters. The molecule has 2 N–H and O–H groups in total. The molecule has 4 heteroatoms. The topological polar surface area (TPSA) is 53.4 Å². The minimum Gasteiger partial charge on any atom is -0.387 e. The number of pyridine rings is 1. The second-order valence-corrected chi connectivity index (χ2v) is 6.20. The van der Waals surface area contributed by atoms with Crippen LogP contribution in [-0.4, -0.2) is 26.4 Å². The van der Waals surface area contributed by atoms with Crippen molar-refractivity contribution < 1.29 is 31.3 Å². The summed E-state index contributed by atoms with van der Waals surface area (Å²) in [5.41, 5.74) is 0.402. The number of allylic oxidation sites excluding steroid dienone is 2. The van der Waals surface area contributed by atoms with Gasteiger partial charge < -0.3 is 15.2 Å². The van der Waals surface area contributed by atoms with Gasteiger partial charge >= 0.3 is 0 Å². The van der Waals surface area contributed by atoms with Gasteiger partial charge in [0.05, 0.1) is 11.2 Å². The van der Waals surface area contributed by atoms with Crippen molar-refractivity contribution in [1.82, 2.24) is 4.98 Å². The van der Waals surface area contributed by atoms with E-state index in [0.717, 1.165) is 18.5 Å². The number of nitrogens with zero attached hydrogens (tertiary/aromatic N) is 1. The third-order valence-electron chi connectivity index (χ3n) is 3.66. The quantitative estimate of drug-likeness (QED) is 0.651. The molecule has 2 rings (SSSR count). The van der Waals surface area contributed by atoms with Crippen molar-refractivity contribution in [3.63, 3.8) is 0 Å². The van der Waals surface area contributed by atoms with Gasteiger partial charge in [-0.25, -0.2) is 0 Å². The Hall–Kier alpha value is -0.502. The fourth-order valence-corrected chi connectivity index (χ4v) is 1.51. The maximum Gasteiger partial charge on any atom is 0.0872 e. The third kappa shape index (κ3) is 7.35. The van der Waals surface area contributed by atoms with E-state index < -0.39 is 11.2 Å². The molecule has 122 valence electrons. The number of aliphatic hydroxyl groups is 2. The predicted octanol–water partition coefficient (Wildman–Crippen LogP) is 3.37. The molecule has 1 aromatic heterocycles. The molecule has 1 aromatic rings. The van der Waals surface area contributed by atoms with E-state index in [2.05, 4.69) is 17.1 Å². The molecule has 0 saturated heterocycles. The summed E-state index contributed by atoms with van der Waals surface area (Å²) < 4.78 is 0. The monoisotopic (exact) mass is 471 g/mol. The standard InChI is InChI=1S/C11H12N.C6H14O2.Pt/c1-2-6-10(7-3-1)11-8-4-5-9-12-11;1-5(2,7)6(3,4)8;/h4-5,8-9H,1-3,6H2;7-8H,1-4H3;/q-1;;. The molecule has 0 fully saturated rings. The van der Waals surface area contributed by atoms with E-state index in [1.165, 1.54) is 18.4 Å². The van der Waals surface area contributed by atoms with Gasteiger partial charge in [0.25, 0.3) is 0 Å². The smallest absolute Gasteiger partial charge is 0.0872 e. The molecule has 0 atom stereocenters. The van der Waals surface area contributed by atoms with Crippen molar-refractivity contribution in [3.8, 4) is 0 Å². The van der Waals surface area contributed by atoms with E-state index in [-0.39, 0.29) is 21.1 Å². The zero-order chi connectivity index (χ0) is 15.2. The normalized spacial score (nSPS) is 15.2. The van der Waals surface area contributed by atoms with Gasteiger partial charge in [-0.1, -0.05) is 31.0 Å². The van der Waals surface area contributed by atoms with Gasteiger partial charge in [-0.2, -0.15) is 5.57 Å². The Morgan fingerprint density at radius 3 is 2.05 bits per heavy atom. The van der Waals surface area contributed by atoms with Crippen LogP contribution in [0.3, 0.4) is 0 Å². The fraction of sp³-hybridized carbons (Fsp3) is 0.588. The molecule has 0 aromatic carbocycles. The summed E-state index contributed by atoms with van der Waals surface area (Å²) in [7, 11) is 0. The second kappa shape index (κ2) is 8.82. The van der Waals surface area contributed by atoms with Gasteiger partial charge in [-0.05, 0) is 33.8 Å². The summed E-state index contributed by atoms with van der Waals surface area (Å²) in [6.45, 7) is 6.31. The van der Waals surface area contributed by atoms with Crippen molar-refractivity contribution >= 4 is 5.57 Å². The van der Waals surface area contributed by atoms with Gasteiger partial charge in [-0.3, -0.25) is 6.08 Å². The van der Waals surface area contributed by atoms with E-state index in [4.69, 9.17) is 10.2 Å². The van der Waals surface area contributed by atoms with Crippen LogP contribution in [0.5, 0.6) is 0 Å². The van der Waals surface area contributed by atoms with Crippen LogP contribution in [0, 0.1) is 6.08 Å². The number of aromatic nitrogens is 1. The first-order valence-corrected chi connectivity index (χ1v) is 7.17. The predicted molar refractivity (Wildman–Crippen MR) is 82.0 cm³/mol. The van der Waals surface area contributed by atoms with Gasteiger partial charge in [-0.15, -0.1) is 12.5 Å². The fourth-order valence-electron chi connectivity index (χ4n) is 1.51. The van der Waals surface area contributed by atoms with Crippen LogP contribution in [0.1, 0.15) is 59.1 Å². The SMILES string of the molecule is CC(C)(O)C(C)(C)O.[C-]1=C(c2ccccn2)CCCC1.[Pt]. The van der Waals surface area contributed by atoms with Crippen molar-refractivity contribution in [2.75, 3.05) is 0 Å². The van der Waals surface area contributed by atoms with Crippen LogP contribution in [0.2, 0.25) is 0 Å². The summed E-state index contributed by atoms with van der Waals surface area (Å²) in [6.07, 6.45) is 10.1. The molecule has 3 nitrogen and oxygen atoms in total. The molecule has 0 bridgehead atoms. The first-order valence-electron chi connectivity index (χ1n) is 7.17. The molecule has 0 radical (unpaired) electrons.